The van der Waals surface area contributed by atoms with E-state index in [0.29, 0.717) is 18.5 Å². The second-order valence-electron chi connectivity index (χ2n) is 8.58. The molecule has 0 spiro atoms. The molecule has 2 aromatic rings. The molecule has 4 nitrogen and oxygen atoms in total. The highest BCUT2D eigenvalue weighted by Crippen LogP contribution is 2.29. The summed E-state index contributed by atoms with van der Waals surface area (Å²) in [4.78, 5) is 14.7. The molecule has 2 atom stereocenters. The van der Waals surface area contributed by atoms with Crippen LogP contribution in [-0.4, -0.2) is 36.6 Å². The van der Waals surface area contributed by atoms with Crippen LogP contribution >= 0.6 is 0 Å². The maximum absolute atomic E-state index is 12.4. The van der Waals surface area contributed by atoms with Crippen molar-refractivity contribution in [3.63, 3.8) is 0 Å². The smallest absolute Gasteiger partial charge is 0.315 e. The summed E-state index contributed by atoms with van der Waals surface area (Å²) < 4.78 is 0. The second kappa shape index (κ2) is 8.36. The predicted octanol–water partition coefficient (Wildman–Crippen LogP) is 3.54. The monoisotopic (exact) mass is 377 g/mol. The highest BCUT2D eigenvalue weighted by atomic mass is 16.2. The zero-order valence-electron chi connectivity index (χ0n) is 16.9. The predicted molar refractivity (Wildman–Crippen MR) is 113 cm³/mol. The minimum atomic E-state index is -0.0460. The normalized spacial score (nSPS) is 20.3. The summed E-state index contributed by atoms with van der Waals surface area (Å²) in [6.07, 6.45) is 4.29. The molecule has 2 N–H and O–H groups in total. The van der Waals surface area contributed by atoms with E-state index in [4.69, 9.17) is 0 Å². The van der Waals surface area contributed by atoms with E-state index < -0.39 is 0 Å². The first kappa shape index (κ1) is 19.0. The first-order chi connectivity index (χ1) is 13.6. The van der Waals surface area contributed by atoms with Gasteiger partial charge in [0.15, 0.2) is 0 Å². The van der Waals surface area contributed by atoms with Crippen molar-refractivity contribution >= 4 is 6.03 Å². The van der Waals surface area contributed by atoms with Crippen LogP contribution in [0.5, 0.6) is 0 Å². The number of fused-ring (bicyclic) bond motifs is 2. The summed E-state index contributed by atoms with van der Waals surface area (Å²) in [6.45, 7) is 3.74. The second-order valence-corrected chi connectivity index (χ2v) is 8.58. The molecule has 1 heterocycles. The Morgan fingerprint density at radius 3 is 2.21 bits per heavy atom. The molecule has 4 rings (SSSR count). The molecule has 0 radical (unpaired) electrons. The van der Waals surface area contributed by atoms with E-state index in [0.717, 1.165) is 32.2 Å². The van der Waals surface area contributed by atoms with Crippen molar-refractivity contribution in [3.8, 4) is 0 Å². The molecule has 1 aliphatic carbocycles. The number of likely N-dealkylation sites (N-methyl/N-ethyl adjacent to an activating group) is 1. The van der Waals surface area contributed by atoms with Gasteiger partial charge in [-0.15, -0.1) is 0 Å². The zero-order chi connectivity index (χ0) is 19.5. The number of carbonyl (C=O) groups excluding carboxylic acids is 1. The lowest BCUT2D eigenvalue weighted by Gasteiger charge is -2.34. The minimum absolute atomic E-state index is 0.0460. The summed E-state index contributed by atoms with van der Waals surface area (Å²) in [6, 6.07) is 17.8. The van der Waals surface area contributed by atoms with Gasteiger partial charge in [-0.3, -0.25) is 4.90 Å². The molecular formula is C24H31N3O. The Kier molecular flexibility index (Phi) is 5.67. The molecule has 28 heavy (non-hydrogen) atoms. The standard InChI is InChI=1S/C24H31N3O/c1-17(11-18-12-19-7-3-4-8-20(19)13-18)26-24(28)25-15-23-14-21-9-5-6-10-22(21)16-27(23)2/h3-10,17-18,23H,11-16H2,1-2H3,(H2,25,26,28)/t17-,23-/m0/s1. The number of hydrogen-bond donors (Lipinski definition) is 2. The lowest BCUT2D eigenvalue weighted by molar-refractivity contribution is 0.202. The van der Waals surface area contributed by atoms with Crippen LogP contribution in [-0.2, 0) is 25.8 Å². The van der Waals surface area contributed by atoms with E-state index in [-0.39, 0.29) is 12.1 Å². The largest absolute Gasteiger partial charge is 0.337 e. The number of urea groups is 1. The maximum Gasteiger partial charge on any atom is 0.315 e. The van der Waals surface area contributed by atoms with Crippen LogP contribution in [0.4, 0.5) is 4.79 Å². The molecule has 0 bridgehead atoms. The summed E-state index contributed by atoms with van der Waals surface area (Å²) in [5.74, 6) is 0.633. The van der Waals surface area contributed by atoms with Gasteiger partial charge in [-0.25, -0.2) is 4.79 Å². The van der Waals surface area contributed by atoms with Gasteiger partial charge in [0, 0.05) is 25.2 Å². The van der Waals surface area contributed by atoms with Crippen LogP contribution in [0.25, 0.3) is 0 Å². The van der Waals surface area contributed by atoms with Crippen LogP contribution in [0, 0.1) is 5.92 Å². The van der Waals surface area contributed by atoms with E-state index in [9.17, 15) is 4.79 Å². The van der Waals surface area contributed by atoms with Crippen molar-refractivity contribution < 1.29 is 4.79 Å². The van der Waals surface area contributed by atoms with Crippen molar-refractivity contribution in [3.05, 3.63) is 70.8 Å². The van der Waals surface area contributed by atoms with Gasteiger partial charge in [0.25, 0.3) is 0 Å². The fraction of sp³-hybridized carbons (Fsp3) is 0.458. The third-order valence-corrected chi connectivity index (χ3v) is 6.32. The highest BCUT2D eigenvalue weighted by molar-refractivity contribution is 5.74. The maximum atomic E-state index is 12.4. The highest BCUT2D eigenvalue weighted by Gasteiger charge is 2.25. The van der Waals surface area contributed by atoms with Gasteiger partial charge in [-0.05, 0) is 67.8 Å². The molecule has 2 aliphatic rings. The fourth-order valence-electron chi connectivity index (χ4n) is 4.81. The summed E-state index contributed by atoms with van der Waals surface area (Å²) in [5, 5.41) is 6.23. The number of amides is 2. The van der Waals surface area contributed by atoms with Crippen LogP contribution in [0.3, 0.4) is 0 Å². The molecule has 0 saturated carbocycles. The van der Waals surface area contributed by atoms with Crippen molar-refractivity contribution in [1.29, 1.82) is 0 Å². The Morgan fingerprint density at radius 2 is 1.57 bits per heavy atom. The number of benzene rings is 2. The average molecular weight is 378 g/mol. The number of carbonyl (C=O) groups is 1. The van der Waals surface area contributed by atoms with Gasteiger partial charge in [-0.1, -0.05) is 48.5 Å². The van der Waals surface area contributed by atoms with Crippen LogP contribution in [0.1, 0.15) is 35.6 Å². The molecule has 2 aromatic carbocycles. The third-order valence-electron chi connectivity index (χ3n) is 6.32. The van der Waals surface area contributed by atoms with Crippen molar-refractivity contribution in [2.24, 2.45) is 5.92 Å². The van der Waals surface area contributed by atoms with Gasteiger partial charge >= 0.3 is 6.03 Å². The first-order valence-corrected chi connectivity index (χ1v) is 10.5. The SMILES string of the molecule is C[C@@H](CC1Cc2ccccc2C1)NC(=O)NC[C@@H]1Cc2ccccc2CN1C. The number of hydrogen-bond acceptors (Lipinski definition) is 2. The van der Waals surface area contributed by atoms with Gasteiger partial charge in [0.2, 0.25) is 0 Å². The molecular weight excluding hydrogens is 346 g/mol. The topological polar surface area (TPSA) is 44.4 Å². The Morgan fingerprint density at radius 1 is 1.00 bits per heavy atom. The zero-order valence-corrected chi connectivity index (χ0v) is 16.9. The van der Waals surface area contributed by atoms with E-state index in [2.05, 4.69) is 78.0 Å². The summed E-state index contributed by atoms with van der Waals surface area (Å²) >= 11 is 0. The van der Waals surface area contributed by atoms with Crippen molar-refractivity contribution in [2.45, 2.75) is 51.2 Å². The number of nitrogens with zero attached hydrogens (tertiary/aromatic N) is 1. The van der Waals surface area contributed by atoms with E-state index >= 15 is 0 Å². The molecule has 0 fully saturated rings. The van der Waals surface area contributed by atoms with Crippen LogP contribution in [0.15, 0.2) is 48.5 Å². The summed E-state index contributed by atoms with van der Waals surface area (Å²) in [7, 11) is 2.14. The molecule has 0 saturated heterocycles. The number of nitrogens with one attached hydrogen (secondary N) is 2. The first-order valence-electron chi connectivity index (χ1n) is 10.5. The lowest BCUT2D eigenvalue weighted by atomic mass is 9.94. The molecule has 0 unspecified atom stereocenters. The summed E-state index contributed by atoms with van der Waals surface area (Å²) in [5.41, 5.74) is 5.76. The Hall–Kier alpha value is -2.33. The molecule has 0 aromatic heterocycles. The Labute approximate surface area is 168 Å². The van der Waals surface area contributed by atoms with Crippen LogP contribution < -0.4 is 10.6 Å². The van der Waals surface area contributed by atoms with E-state index in [1.165, 1.54) is 22.3 Å². The Balaban J connectivity index is 1.22. The van der Waals surface area contributed by atoms with E-state index in [1.807, 2.05) is 0 Å². The van der Waals surface area contributed by atoms with Crippen LogP contribution in [0.2, 0.25) is 0 Å². The van der Waals surface area contributed by atoms with Gasteiger partial charge in [0.1, 0.15) is 0 Å². The minimum Gasteiger partial charge on any atom is -0.337 e. The van der Waals surface area contributed by atoms with Crippen molar-refractivity contribution in [1.82, 2.24) is 15.5 Å². The fourth-order valence-corrected chi connectivity index (χ4v) is 4.81. The Bertz CT molecular complexity index is 809. The van der Waals surface area contributed by atoms with Crippen molar-refractivity contribution in [2.75, 3.05) is 13.6 Å². The number of rotatable bonds is 5. The van der Waals surface area contributed by atoms with Gasteiger partial charge in [-0.2, -0.15) is 0 Å². The molecule has 2 amide bonds. The lowest BCUT2D eigenvalue weighted by Crippen LogP contribution is -2.49. The average Bonchev–Trinajstić information content (AvgIpc) is 3.08. The van der Waals surface area contributed by atoms with E-state index in [1.54, 1.807) is 0 Å². The molecule has 4 heteroatoms. The van der Waals surface area contributed by atoms with Gasteiger partial charge in [0.05, 0.1) is 0 Å². The molecule has 1 aliphatic heterocycles. The molecule has 148 valence electrons. The third kappa shape index (κ3) is 4.39. The quantitative estimate of drug-likeness (QED) is 0.837. The van der Waals surface area contributed by atoms with Gasteiger partial charge < -0.3 is 10.6 Å².